The lowest BCUT2D eigenvalue weighted by molar-refractivity contribution is -0.131. The lowest BCUT2D eigenvalue weighted by Gasteiger charge is -2.35. The number of fused-ring (bicyclic) bond motifs is 2. The molecule has 0 radical (unpaired) electrons. The molecule has 3 aromatic carbocycles. The molecule has 8 rings (SSSR count). The number of pyridine rings is 1. The van der Waals surface area contributed by atoms with Gasteiger partial charge in [-0.05, 0) is 87.5 Å². The highest BCUT2D eigenvalue weighted by molar-refractivity contribution is 6.20. The molecule has 1 N–H and O–H groups in total. The van der Waals surface area contributed by atoms with E-state index >= 15 is 4.39 Å². The Balaban J connectivity index is 1.04. The van der Waals surface area contributed by atoms with E-state index in [0.717, 1.165) is 43.1 Å². The Kier molecular flexibility index (Phi) is 8.53. The van der Waals surface area contributed by atoms with Gasteiger partial charge in [-0.1, -0.05) is 12.1 Å². The largest absolute Gasteiger partial charge is 0.497 e. The Bertz CT molecular complexity index is 2150. The summed E-state index contributed by atoms with van der Waals surface area (Å²) in [6.45, 7) is 2.41. The van der Waals surface area contributed by atoms with Crippen molar-refractivity contribution in [2.75, 3.05) is 56.0 Å². The lowest BCUT2D eigenvalue weighted by Crippen LogP contribution is -2.42. The van der Waals surface area contributed by atoms with E-state index in [1.165, 1.54) is 41.3 Å². The zero-order valence-corrected chi connectivity index (χ0v) is 29.2. The average Bonchev–Trinajstić information content (AvgIpc) is 3.67. The third-order valence-electron chi connectivity index (χ3n) is 10.7. The van der Waals surface area contributed by atoms with Crippen LogP contribution in [0.1, 0.15) is 24.8 Å². The maximum absolute atomic E-state index is 15.7. The summed E-state index contributed by atoms with van der Waals surface area (Å²) >= 11 is 0. The van der Waals surface area contributed by atoms with E-state index in [-0.39, 0.29) is 23.3 Å². The van der Waals surface area contributed by atoms with Gasteiger partial charge in [0.1, 0.15) is 28.1 Å². The summed E-state index contributed by atoms with van der Waals surface area (Å²) in [5, 5.41) is 8.48. The van der Waals surface area contributed by atoms with Gasteiger partial charge in [0.25, 0.3) is 0 Å². The van der Waals surface area contributed by atoms with Gasteiger partial charge in [0.05, 0.1) is 13.7 Å². The van der Waals surface area contributed by atoms with Crippen molar-refractivity contribution < 1.29 is 27.8 Å². The number of anilines is 3. The fourth-order valence-electron chi connectivity index (χ4n) is 7.56. The molecule has 3 aliphatic rings. The number of benzene rings is 3. The number of nitrogens with one attached hydrogen (secondary N) is 1. The number of methoxy groups -OCH3 is 1. The number of piperidine rings is 2. The van der Waals surface area contributed by atoms with Crippen molar-refractivity contribution in [2.24, 2.45) is 11.3 Å². The first-order chi connectivity index (χ1) is 25.1. The number of carbonyl (C=O) groups is 2. The molecule has 2 atom stereocenters. The predicted molar refractivity (Wildman–Crippen MR) is 193 cm³/mol. The van der Waals surface area contributed by atoms with Crippen LogP contribution in [0, 0.1) is 23.0 Å². The Morgan fingerprint density at radius 3 is 2.44 bits per heavy atom. The minimum absolute atomic E-state index is 0.0347. The van der Waals surface area contributed by atoms with Crippen LogP contribution in [0.15, 0.2) is 79.0 Å². The second-order valence-electron chi connectivity index (χ2n) is 14.0. The van der Waals surface area contributed by atoms with Crippen LogP contribution in [0.3, 0.4) is 0 Å². The molecule has 2 aromatic heterocycles. The first-order valence-electron chi connectivity index (χ1n) is 17.4. The molecule has 52 heavy (non-hydrogen) atoms. The Labute approximate surface area is 299 Å². The highest BCUT2D eigenvalue weighted by Gasteiger charge is 2.71. The van der Waals surface area contributed by atoms with Gasteiger partial charge in [-0.15, -0.1) is 0 Å². The van der Waals surface area contributed by atoms with Gasteiger partial charge in [-0.25, -0.2) is 18.4 Å². The van der Waals surface area contributed by atoms with Gasteiger partial charge < -0.3 is 29.5 Å². The predicted octanol–water partition coefficient (Wildman–Crippen LogP) is 6.08. The summed E-state index contributed by atoms with van der Waals surface area (Å²) in [5.74, 6) is -0.218. The van der Waals surface area contributed by atoms with Crippen molar-refractivity contribution in [3.63, 3.8) is 0 Å². The van der Waals surface area contributed by atoms with Gasteiger partial charge in [0.2, 0.25) is 11.8 Å². The monoisotopic (exact) mass is 707 g/mol. The molecule has 13 heteroatoms. The van der Waals surface area contributed by atoms with Crippen molar-refractivity contribution in [3.05, 3.63) is 96.2 Å². The second-order valence-corrected chi connectivity index (χ2v) is 14.0. The third-order valence-corrected chi connectivity index (χ3v) is 10.7. The van der Waals surface area contributed by atoms with Crippen LogP contribution < -0.4 is 24.6 Å². The minimum Gasteiger partial charge on any atom is -0.497 e. The smallest absolute Gasteiger partial charge is 0.243 e. The SMILES string of the molecule is COc1ccc(Cn2nc(N3CCC(N(C)C)CC3)c3c(Oc4ccc(NC(=O)C56CC5CN(c5ccc(F)cc5)C6=O)cc4F)ccnc32)cc1. The summed E-state index contributed by atoms with van der Waals surface area (Å²) in [6, 6.07) is 19.8. The van der Waals surface area contributed by atoms with Crippen LogP contribution in [0.25, 0.3) is 11.0 Å². The first-order valence-corrected chi connectivity index (χ1v) is 17.4. The molecule has 4 heterocycles. The normalized spacial score (nSPS) is 20.0. The molecule has 2 saturated heterocycles. The number of hydrogen-bond acceptors (Lipinski definition) is 8. The van der Waals surface area contributed by atoms with E-state index in [4.69, 9.17) is 19.6 Å². The number of ether oxygens (including phenoxy) is 2. The molecule has 3 fully saturated rings. The van der Waals surface area contributed by atoms with E-state index in [1.807, 2.05) is 28.9 Å². The molecule has 0 bridgehead atoms. The van der Waals surface area contributed by atoms with E-state index in [2.05, 4.69) is 29.2 Å². The van der Waals surface area contributed by atoms with Gasteiger partial charge in [0.15, 0.2) is 23.0 Å². The Morgan fingerprint density at radius 2 is 1.75 bits per heavy atom. The van der Waals surface area contributed by atoms with Crippen molar-refractivity contribution >= 4 is 40.0 Å². The zero-order valence-electron chi connectivity index (χ0n) is 29.2. The topological polar surface area (TPSA) is 105 Å². The van der Waals surface area contributed by atoms with Gasteiger partial charge in [-0.2, -0.15) is 5.10 Å². The summed E-state index contributed by atoms with van der Waals surface area (Å²) in [6.07, 6.45) is 3.97. The van der Waals surface area contributed by atoms with E-state index in [9.17, 15) is 14.0 Å². The molecular formula is C39H39F2N7O4. The lowest BCUT2D eigenvalue weighted by atomic mass is 10.0. The summed E-state index contributed by atoms with van der Waals surface area (Å²) in [4.78, 5) is 37.5. The van der Waals surface area contributed by atoms with Crippen LogP contribution in [0.5, 0.6) is 17.2 Å². The summed E-state index contributed by atoms with van der Waals surface area (Å²) < 4.78 is 42.6. The van der Waals surface area contributed by atoms with Crippen LogP contribution in [-0.2, 0) is 16.1 Å². The van der Waals surface area contributed by atoms with Crippen molar-refractivity contribution in [3.8, 4) is 17.2 Å². The highest BCUT2D eigenvalue weighted by Crippen LogP contribution is 2.60. The number of nitrogens with zero attached hydrogens (tertiary/aromatic N) is 6. The Hall–Kier alpha value is -5.56. The number of aromatic nitrogens is 3. The molecule has 0 spiro atoms. The molecule has 268 valence electrons. The number of rotatable bonds is 10. The van der Waals surface area contributed by atoms with E-state index in [0.29, 0.717) is 48.0 Å². The molecule has 1 aliphatic carbocycles. The summed E-state index contributed by atoms with van der Waals surface area (Å²) in [7, 11) is 5.83. The van der Waals surface area contributed by atoms with E-state index < -0.39 is 23.0 Å². The number of halogens is 2. The standard InChI is InChI=1S/C39H39F2N7O4/c1-45(2)28-15-18-46(19-16-28)36-34-33(14-17-42-35(34)48(44-36)22-24-4-11-30(51-3)12-5-24)52-32-13-8-27(20-31(32)41)43-37(49)39-21-25(39)23-47(38(39)50)29-9-6-26(40)7-10-29/h4-14,17,20,25,28H,15-16,18-19,21-23H2,1-3H3,(H,43,49). The number of hydrogen-bond donors (Lipinski definition) is 1. The van der Waals surface area contributed by atoms with Crippen LogP contribution in [0.4, 0.5) is 26.0 Å². The van der Waals surface area contributed by atoms with Crippen molar-refractivity contribution in [2.45, 2.75) is 31.8 Å². The van der Waals surface area contributed by atoms with E-state index in [1.54, 1.807) is 25.4 Å². The number of carbonyl (C=O) groups excluding carboxylic acids is 2. The van der Waals surface area contributed by atoms with Gasteiger partial charge in [-0.3, -0.25) is 9.59 Å². The third kappa shape index (κ3) is 5.98. The molecule has 5 aromatic rings. The molecule has 2 unspecified atom stereocenters. The zero-order chi connectivity index (χ0) is 36.1. The fraction of sp³-hybridized carbons (Fsp3) is 0.333. The first kappa shape index (κ1) is 33.6. The average molecular weight is 708 g/mol. The highest BCUT2D eigenvalue weighted by atomic mass is 19.1. The second kappa shape index (κ2) is 13.2. The van der Waals surface area contributed by atoms with Gasteiger partial charge >= 0.3 is 0 Å². The minimum atomic E-state index is -1.22. The maximum atomic E-state index is 15.7. The van der Waals surface area contributed by atoms with Crippen molar-refractivity contribution in [1.29, 1.82) is 0 Å². The fourth-order valence-corrected chi connectivity index (χ4v) is 7.56. The van der Waals surface area contributed by atoms with Crippen LogP contribution in [-0.4, -0.2) is 78.4 Å². The summed E-state index contributed by atoms with van der Waals surface area (Å²) in [5.41, 5.74) is 1.15. The molecule has 2 amide bonds. The number of amides is 2. The van der Waals surface area contributed by atoms with Gasteiger partial charge in [0, 0.05) is 61.3 Å². The quantitative estimate of drug-likeness (QED) is 0.174. The van der Waals surface area contributed by atoms with Crippen LogP contribution >= 0.6 is 0 Å². The molecule has 2 aliphatic heterocycles. The molecule has 11 nitrogen and oxygen atoms in total. The molecular weight excluding hydrogens is 668 g/mol. The Morgan fingerprint density at radius 1 is 1.00 bits per heavy atom. The van der Waals surface area contributed by atoms with Crippen molar-refractivity contribution in [1.82, 2.24) is 19.7 Å². The molecule has 1 saturated carbocycles. The van der Waals surface area contributed by atoms with Crippen LogP contribution in [0.2, 0.25) is 0 Å². The maximum Gasteiger partial charge on any atom is 0.243 e.